The summed E-state index contributed by atoms with van der Waals surface area (Å²) in [5.74, 6) is -0.394. The molecule has 10 nitrogen and oxygen atoms in total. The van der Waals surface area contributed by atoms with Crippen molar-refractivity contribution in [3.05, 3.63) is 64.7 Å². The van der Waals surface area contributed by atoms with Gasteiger partial charge in [0.15, 0.2) is 0 Å². The molecule has 0 amide bonds. The van der Waals surface area contributed by atoms with Crippen molar-refractivity contribution in [3.8, 4) is 11.5 Å². The summed E-state index contributed by atoms with van der Waals surface area (Å²) in [4.78, 5) is 22.6. The first-order valence-electron chi connectivity index (χ1n) is 9.32. The largest absolute Gasteiger partial charge is 0.513 e. The van der Waals surface area contributed by atoms with Crippen LogP contribution in [0.25, 0.3) is 0 Å². The van der Waals surface area contributed by atoms with Crippen molar-refractivity contribution < 1.29 is 32.8 Å². The number of hydrogen-bond acceptors (Lipinski definition) is 8. The quantitative estimate of drug-likeness (QED) is 0.232. The number of nitro groups is 1. The van der Waals surface area contributed by atoms with Crippen molar-refractivity contribution in [2.45, 2.75) is 32.4 Å². The molecular formula is C20H25N2O8P. The van der Waals surface area contributed by atoms with Crippen molar-refractivity contribution >= 4 is 19.4 Å². The van der Waals surface area contributed by atoms with Crippen LogP contribution in [0.1, 0.15) is 20.8 Å². The van der Waals surface area contributed by atoms with Gasteiger partial charge in [-0.25, -0.2) is 4.57 Å². The molecule has 0 radical (unpaired) electrons. The van der Waals surface area contributed by atoms with E-state index in [9.17, 15) is 19.5 Å². The first-order chi connectivity index (χ1) is 14.5. The summed E-state index contributed by atoms with van der Waals surface area (Å²) in [6.45, 7) is 4.93. The van der Waals surface area contributed by atoms with Gasteiger partial charge < -0.3 is 18.5 Å². The lowest BCUT2D eigenvalue weighted by Gasteiger charge is -2.25. The van der Waals surface area contributed by atoms with Crippen LogP contribution in [0.2, 0.25) is 0 Å². The molecule has 0 aliphatic rings. The molecule has 2 aromatic rings. The molecule has 11 heteroatoms. The Morgan fingerprint density at radius 1 is 1.10 bits per heavy atom. The number of nitro benzene ring substituents is 1. The third-order valence-corrected chi connectivity index (χ3v) is 5.67. The summed E-state index contributed by atoms with van der Waals surface area (Å²) >= 11 is 0. The molecule has 1 N–H and O–H groups in total. The van der Waals surface area contributed by atoms with Gasteiger partial charge in [-0.1, -0.05) is 18.2 Å². The van der Waals surface area contributed by atoms with Crippen LogP contribution >= 0.6 is 7.75 Å². The maximum atomic E-state index is 13.4. The highest BCUT2D eigenvalue weighted by Gasteiger charge is 2.34. The Hall–Kier alpha value is -2.94. The minimum absolute atomic E-state index is 0.0125. The molecule has 2 unspecified atom stereocenters. The number of rotatable bonds is 11. The predicted octanol–water partition coefficient (Wildman–Crippen LogP) is 4.11. The van der Waals surface area contributed by atoms with Gasteiger partial charge in [0.25, 0.3) is 5.69 Å². The number of carbonyl (C=O) groups excluding carboxylic acids is 1. The molecule has 0 saturated carbocycles. The monoisotopic (exact) mass is 452 g/mol. The fourth-order valence-electron chi connectivity index (χ4n) is 2.18. The van der Waals surface area contributed by atoms with Crippen LogP contribution in [0.3, 0.4) is 0 Å². The number of non-ortho nitro benzene ring substituents is 1. The van der Waals surface area contributed by atoms with Gasteiger partial charge in [-0.15, -0.1) is 0 Å². The van der Waals surface area contributed by atoms with Gasteiger partial charge in [0.2, 0.25) is 0 Å². The zero-order valence-corrected chi connectivity index (χ0v) is 18.5. The lowest BCUT2D eigenvalue weighted by molar-refractivity contribution is -0.384. The lowest BCUT2D eigenvalue weighted by Crippen LogP contribution is -2.39. The van der Waals surface area contributed by atoms with Gasteiger partial charge >= 0.3 is 13.7 Å². The second kappa shape index (κ2) is 10.4. The zero-order chi connectivity index (χ0) is 23.1. The van der Waals surface area contributed by atoms with Crippen LogP contribution in [0.15, 0.2) is 54.6 Å². The van der Waals surface area contributed by atoms with Gasteiger partial charge in [0, 0.05) is 19.2 Å². The molecule has 0 aliphatic heterocycles. The number of para-hydroxylation sites is 1. The third kappa shape index (κ3) is 7.67. The summed E-state index contributed by atoms with van der Waals surface area (Å²) in [6.07, 6.45) is 0. The number of carbonyl (C=O) groups is 1. The summed E-state index contributed by atoms with van der Waals surface area (Å²) in [5, 5.41) is 13.4. The van der Waals surface area contributed by atoms with E-state index in [0.717, 1.165) is 0 Å². The topological polar surface area (TPSA) is 126 Å². The van der Waals surface area contributed by atoms with Crippen LogP contribution in [0.5, 0.6) is 11.5 Å². The minimum Gasteiger partial charge on any atom is -0.461 e. The summed E-state index contributed by atoms with van der Waals surface area (Å²) < 4.78 is 34.9. The lowest BCUT2D eigenvalue weighted by atomic mass is 10.1. The summed E-state index contributed by atoms with van der Waals surface area (Å²) in [7, 11) is -2.64. The zero-order valence-electron chi connectivity index (χ0n) is 17.6. The van der Waals surface area contributed by atoms with Gasteiger partial charge in [0.05, 0.1) is 10.5 Å². The van der Waals surface area contributed by atoms with Crippen molar-refractivity contribution in [1.82, 2.24) is 5.09 Å². The second-order valence-corrected chi connectivity index (χ2v) is 8.78. The highest BCUT2D eigenvalue weighted by atomic mass is 31.2. The van der Waals surface area contributed by atoms with Gasteiger partial charge in [-0.2, -0.15) is 5.09 Å². The average molecular weight is 452 g/mol. The molecule has 0 aliphatic carbocycles. The van der Waals surface area contributed by atoms with Crippen molar-refractivity contribution in [3.63, 3.8) is 0 Å². The number of hydrogen-bond donors (Lipinski definition) is 1. The maximum Gasteiger partial charge on any atom is 0.513 e. The molecular weight excluding hydrogens is 427 g/mol. The number of benzene rings is 2. The fourth-order valence-corrected chi connectivity index (χ4v) is 3.70. The highest BCUT2D eigenvalue weighted by molar-refractivity contribution is 7.52. The van der Waals surface area contributed by atoms with E-state index in [-0.39, 0.29) is 23.8 Å². The number of nitrogens with one attached hydrogen (secondary N) is 1. The number of ether oxygens (including phenoxy) is 2. The van der Waals surface area contributed by atoms with E-state index < -0.39 is 30.3 Å². The third-order valence-electron chi connectivity index (χ3n) is 4.06. The van der Waals surface area contributed by atoms with Crippen molar-refractivity contribution in [2.24, 2.45) is 0 Å². The Kier molecular flexibility index (Phi) is 8.15. The van der Waals surface area contributed by atoms with Crippen LogP contribution < -0.4 is 14.1 Å². The number of methoxy groups -OCH3 is 1. The Morgan fingerprint density at radius 2 is 1.65 bits per heavy atom. The summed E-state index contributed by atoms with van der Waals surface area (Å²) in [6, 6.07) is 12.1. The molecule has 168 valence electrons. The molecule has 0 saturated heterocycles. The SMILES string of the molecule is COC(C)(C)COC(=O)C(C)NP(=O)(Oc1ccccc1)Oc1ccc([N+](=O)[O-])cc1. The van der Waals surface area contributed by atoms with E-state index in [0.29, 0.717) is 0 Å². The van der Waals surface area contributed by atoms with Crippen LogP contribution in [0, 0.1) is 10.1 Å². The molecule has 0 fully saturated rings. The van der Waals surface area contributed by atoms with E-state index in [1.54, 1.807) is 44.2 Å². The minimum atomic E-state index is -4.14. The maximum absolute atomic E-state index is 13.4. The van der Waals surface area contributed by atoms with E-state index in [1.807, 2.05) is 0 Å². The van der Waals surface area contributed by atoms with E-state index in [2.05, 4.69) is 5.09 Å². The molecule has 0 aromatic heterocycles. The van der Waals surface area contributed by atoms with Crippen LogP contribution in [-0.4, -0.2) is 36.3 Å². The normalized spacial score (nSPS) is 14.2. The molecule has 2 atom stereocenters. The van der Waals surface area contributed by atoms with Crippen LogP contribution in [0.4, 0.5) is 5.69 Å². The van der Waals surface area contributed by atoms with Gasteiger partial charge in [-0.3, -0.25) is 14.9 Å². The standard InChI is InChI=1S/C20H25N2O8P/c1-15(19(23)28-14-20(2,3)27-4)21-31(26,29-17-8-6-5-7-9-17)30-18-12-10-16(11-13-18)22(24)25/h5-13,15H,14H2,1-4H3,(H,21,26). The molecule has 2 aromatic carbocycles. The second-order valence-electron chi connectivity index (χ2n) is 7.17. The van der Waals surface area contributed by atoms with Crippen molar-refractivity contribution in [1.29, 1.82) is 0 Å². The fraction of sp³-hybridized carbons (Fsp3) is 0.350. The Bertz CT molecular complexity index is 934. The molecule has 0 heterocycles. The number of nitrogens with zero attached hydrogens (tertiary/aromatic N) is 1. The van der Waals surface area contributed by atoms with Crippen molar-refractivity contribution in [2.75, 3.05) is 13.7 Å². The Morgan fingerprint density at radius 3 is 2.16 bits per heavy atom. The van der Waals surface area contributed by atoms with Crippen LogP contribution in [-0.2, 0) is 18.8 Å². The first-order valence-corrected chi connectivity index (χ1v) is 10.9. The van der Waals surface area contributed by atoms with Gasteiger partial charge in [0.1, 0.15) is 24.1 Å². The average Bonchev–Trinajstić information content (AvgIpc) is 2.72. The number of esters is 1. The smallest absolute Gasteiger partial charge is 0.461 e. The molecule has 0 spiro atoms. The first kappa shape index (κ1) is 24.3. The Labute approximate surface area is 180 Å². The molecule has 0 bridgehead atoms. The Balaban J connectivity index is 2.18. The van der Waals surface area contributed by atoms with E-state index in [1.165, 1.54) is 38.3 Å². The highest BCUT2D eigenvalue weighted by Crippen LogP contribution is 2.45. The van der Waals surface area contributed by atoms with E-state index in [4.69, 9.17) is 18.5 Å². The summed E-state index contributed by atoms with van der Waals surface area (Å²) in [5.41, 5.74) is -0.841. The molecule has 31 heavy (non-hydrogen) atoms. The predicted molar refractivity (Wildman–Crippen MR) is 113 cm³/mol. The van der Waals surface area contributed by atoms with E-state index >= 15 is 0 Å². The van der Waals surface area contributed by atoms with Gasteiger partial charge in [-0.05, 0) is 45.0 Å². The molecule has 2 rings (SSSR count).